The summed E-state index contributed by atoms with van der Waals surface area (Å²) >= 11 is 0. The summed E-state index contributed by atoms with van der Waals surface area (Å²) in [6.45, 7) is 2.67. The maximum atomic E-state index is 11.8. The molecule has 1 saturated heterocycles. The van der Waals surface area contributed by atoms with Gasteiger partial charge >= 0.3 is 6.03 Å². The molecule has 19 heavy (non-hydrogen) atoms. The lowest BCUT2D eigenvalue weighted by atomic mass is 10.1. The van der Waals surface area contributed by atoms with Gasteiger partial charge in [-0.1, -0.05) is 6.07 Å². The van der Waals surface area contributed by atoms with E-state index in [2.05, 4.69) is 10.6 Å². The smallest absolute Gasteiger partial charge is 0.319 e. The highest BCUT2D eigenvalue weighted by atomic mass is 16.5. The molecule has 5 heteroatoms. The van der Waals surface area contributed by atoms with Gasteiger partial charge in [-0.25, -0.2) is 4.79 Å². The van der Waals surface area contributed by atoms with Crippen LogP contribution in [0.1, 0.15) is 24.0 Å². The van der Waals surface area contributed by atoms with Crippen LogP contribution in [0.5, 0.6) is 0 Å². The summed E-state index contributed by atoms with van der Waals surface area (Å²) in [5, 5.41) is 5.67. The van der Waals surface area contributed by atoms with Crippen molar-refractivity contribution in [2.75, 3.05) is 18.5 Å². The van der Waals surface area contributed by atoms with Gasteiger partial charge in [0.2, 0.25) is 0 Å². The maximum absolute atomic E-state index is 11.8. The third-order valence-corrected chi connectivity index (χ3v) is 3.49. The number of nitrogens with one attached hydrogen (secondary N) is 2. The number of benzene rings is 1. The molecule has 1 unspecified atom stereocenters. The van der Waals surface area contributed by atoms with E-state index < -0.39 is 0 Å². The first-order valence-electron chi connectivity index (χ1n) is 6.67. The molecule has 0 radical (unpaired) electrons. The van der Waals surface area contributed by atoms with E-state index in [1.165, 1.54) is 5.56 Å². The number of urea groups is 1. The Balaban J connectivity index is 1.51. The summed E-state index contributed by atoms with van der Waals surface area (Å²) in [5.41, 5.74) is 3.15. The SMILES string of the molecule is O=C(NCC1CCCO1)Nc1ccc2c(c1)COC2. The number of fused-ring (bicyclic) bond motifs is 1. The van der Waals surface area contributed by atoms with Crippen molar-refractivity contribution in [1.29, 1.82) is 0 Å². The van der Waals surface area contributed by atoms with Gasteiger partial charge in [0, 0.05) is 18.8 Å². The minimum Gasteiger partial charge on any atom is -0.376 e. The number of carbonyl (C=O) groups excluding carboxylic acids is 1. The minimum absolute atomic E-state index is 0.166. The Morgan fingerprint density at radius 1 is 1.32 bits per heavy atom. The molecule has 1 aromatic rings. The summed E-state index contributed by atoms with van der Waals surface area (Å²) in [7, 11) is 0. The summed E-state index contributed by atoms with van der Waals surface area (Å²) < 4.78 is 10.8. The normalized spacial score (nSPS) is 21.2. The van der Waals surface area contributed by atoms with E-state index in [4.69, 9.17) is 9.47 Å². The third kappa shape index (κ3) is 3.05. The Bertz CT molecular complexity index is 470. The Kier molecular flexibility index (Phi) is 3.66. The molecule has 2 N–H and O–H groups in total. The number of carbonyl (C=O) groups is 1. The van der Waals surface area contributed by atoms with E-state index in [-0.39, 0.29) is 12.1 Å². The van der Waals surface area contributed by atoms with Gasteiger partial charge in [0.15, 0.2) is 0 Å². The minimum atomic E-state index is -0.186. The predicted molar refractivity (Wildman–Crippen MR) is 70.9 cm³/mol. The van der Waals surface area contributed by atoms with Crippen LogP contribution in [0.25, 0.3) is 0 Å². The molecule has 1 fully saturated rings. The first-order valence-corrected chi connectivity index (χ1v) is 6.67. The Hall–Kier alpha value is -1.59. The van der Waals surface area contributed by atoms with Crippen molar-refractivity contribution in [2.24, 2.45) is 0 Å². The second-order valence-electron chi connectivity index (χ2n) is 4.95. The Labute approximate surface area is 112 Å². The van der Waals surface area contributed by atoms with Gasteiger partial charge in [-0.05, 0) is 36.1 Å². The van der Waals surface area contributed by atoms with Crippen LogP contribution in [0.15, 0.2) is 18.2 Å². The summed E-state index contributed by atoms with van der Waals surface area (Å²) in [6, 6.07) is 5.68. The molecular formula is C14H18N2O3. The number of ether oxygens (including phenoxy) is 2. The van der Waals surface area contributed by atoms with Crippen molar-refractivity contribution in [1.82, 2.24) is 5.32 Å². The molecule has 0 bridgehead atoms. The molecule has 2 aliphatic rings. The molecule has 3 rings (SSSR count). The zero-order valence-electron chi connectivity index (χ0n) is 10.8. The topological polar surface area (TPSA) is 59.6 Å². The van der Waals surface area contributed by atoms with Crippen LogP contribution >= 0.6 is 0 Å². The summed E-state index contributed by atoms with van der Waals surface area (Å²) in [5.74, 6) is 0. The lowest BCUT2D eigenvalue weighted by Crippen LogP contribution is -2.35. The van der Waals surface area contributed by atoms with Crippen molar-refractivity contribution in [3.05, 3.63) is 29.3 Å². The van der Waals surface area contributed by atoms with Crippen LogP contribution in [0, 0.1) is 0 Å². The molecule has 1 atom stereocenters. The standard InChI is InChI=1S/C14H18N2O3/c17-14(15-7-13-2-1-5-19-13)16-12-4-3-10-8-18-9-11(10)6-12/h3-4,6,13H,1-2,5,7-9H2,(H2,15,16,17). The van der Waals surface area contributed by atoms with E-state index >= 15 is 0 Å². The first-order chi connectivity index (χ1) is 9.31. The van der Waals surface area contributed by atoms with Crippen LogP contribution < -0.4 is 10.6 Å². The monoisotopic (exact) mass is 262 g/mol. The van der Waals surface area contributed by atoms with Gasteiger partial charge < -0.3 is 20.1 Å². The zero-order chi connectivity index (χ0) is 13.1. The van der Waals surface area contributed by atoms with Crippen LogP contribution in [0.4, 0.5) is 10.5 Å². The third-order valence-electron chi connectivity index (χ3n) is 3.49. The highest BCUT2D eigenvalue weighted by Gasteiger charge is 2.16. The van der Waals surface area contributed by atoms with E-state index in [9.17, 15) is 4.79 Å². The molecule has 2 aliphatic heterocycles. The second-order valence-corrected chi connectivity index (χ2v) is 4.95. The van der Waals surface area contributed by atoms with Gasteiger partial charge in [0.25, 0.3) is 0 Å². The molecule has 0 saturated carbocycles. The van der Waals surface area contributed by atoms with Gasteiger partial charge in [0.1, 0.15) is 0 Å². The van der Waals surface area contributed by atoms with Gasteiger partial charge in [-0.3, -0.25) is 0 Å². The highest BCUT2D eigenvalue weighted by Crippen LogP contribution is 2.23. The molecule has 0 spiro atoms. The average molecular weight is 262 g/mol. The Morgan fingerprint density at radius 2 is 2.21 bits per heavy atom. The number of hydrogen-bond donors (Lipinski definition) is 2. The van der Waals surface area contributed by atoms with Crippen molar-refractivity contribution < 1.29 is 14.3 Å². The Morgan fingerprint density at radius 3 is 3.05 bits per heavy atom. The zero-order valence-corrected chi connectivity index (χ0v) is 10.8. The summed E-state index contributed by atoms with van der Waals surface area (Å²) in [6.07, 6.45) is 2.27. The van der Waals surface area contributed by atoms with Gasteiger partial charge in [-0.15, -0.1) is 0 Å². The van der Waals surface area contributed by atoms with Crippen LogP contribution in [0.3, 0.4) is 0 Å². The highest BCUT2D eigenvalue weighted by molar-refractivity contribution is 5.89. The maximum Gasteiger partial charge on any atom is 0.319 e. The molecule has 5 nitrogen and oxygen atoms in total. The molecule has 0 aliphatic carbocycles. The van der Waals surface area contributed by atoms with Crippen LogP contribution in [0.2, 0.25) is 0 Å². The summed E-state index contributed by atoms with van der Waals surface area (Å²) in [4.78, 5) is 11.8. The van der Waals surface area contributed by atoms with E-state index in [1.807, 2.05) is 18.2 Å². The second kappa shape index (κ2) is 5.59. The number of anilines is 1. The van der Waals surface area contributed by atoms with E-state index in [0.29, 0.717) is 19.8 Å². The molecule has 2 heterocycles. The quantitative estimate of drug-likeness (QED) is 0.876. The fraction of sp³-hybridized carbons (Fsp3) is 0.500. The molecule has 1 aromatic carbocycles. The van der Waals surface area contributed by atoms with Crippen molar-refractivity contribution in [2.45, 2.75) is 32.2 Å². The first kappa shape index (κ1) is 12.4. The predicted octanol–water partition coefficient (Wildman–Crippen LogP) is 2.02. The average Bonchev–Trinajstić information content (AvgIpc) is 3.07. The number of amides is 2. The molecule has 2 amide bonds. The van der Waals surface area contributed by atoms with Crippen molar-refractivity contribution in [3.8, 4) is 0 Å². The molecule has 0 aromatic heterocycles. The fourth-order valence-corrected chi connectivity index (χ4v) is 2.44. The van der Waals surface area contributed by atoms with E-state index in [1.54, 1.807) is 0 Å². The van der Waals surface area contributed by atoms with Gasteiger partial charge in [-0.2, -0.15) is 0 Å². The largest absolute Gasteiger partial charge is 0.376 e. The lowest BCUT2D eigenvalue weighted by Gasteiger charge is -2.12. The van der Waals surface area contributed by atoms with E-state index in [0.717, 1.165) is 30.7 Å². The van der Waals surface area contributed by atoms with Crippen LogP contribution in [-0.4, -0.2) is 25.3 Å². The van der Waals surface area contributed by atoms with Gasteiger partial charge in [0.05, 0.1) is 19.3 Å². The van der Waals surface area contributed by atoms with Crippen molar-refractivity contribution >= 4 is 11.7 Å². The fourth-order valence-electron chi connectivity index (χ4n) is 2.44. The number of hydrogen-bond acceptors (Lipinski definition) is 3. The van der Waals surface area contributed by atoms with Crippen LogP contribution in [-0.2, 0) is 22.7 Å². The number of rotatable bonds is 3. The molecular weight excluding hydrogens is 244 g/mol. The van der Waals surface area contributed by atoms with Crippen molar-refractivity contribution in [3.63, 3.8) is 0 Å². The lowest BCUT2D eigenvalue weighted by molar-refractivity contribution is 0.112. The molecule has 102 valence electrons.